The first-order valence-corrected chi connectivity index (χ1v) is 6.40. The van der Waals surface area contributed by atoms with Crippen molar-refractivity contribution in [2.24, 2.45) is 0 Å². The van der Waals surface area contributed by atoms with Gasteiger partial charge in [-0.15, -0.1) is 0 Å². The van der Waals surface area contributed by atoms with Gasteiger partial charge >= 0.3 is 0 Å². The van der Waals surface area contributed by atoms with Crippen LogP contribution in [0.3, 0.4) is 0 Å². The van der Waals surface area contributed by atoms with E-state index in [-0.39, 0.29) is 0 Å². The summed E-state index contributed by atoms with van der Waals surface area (Å²) < 4.78 is 0. The molecular formula is C14H18N4. The summed E-state index contributed by atoms with van der Waals surface area (Å²) >= 11 is 0. The number of fused-ring (bicyclic) bond motifs is 1. The van der Waals surface area contributed by atoms with Crippen molar-refractivity contribution < 1.29 is 0 Å². The van der Waals surface area contributed by atoms with Crippen LogP contribution in [0.1, 0.15) is 36.2 Å². The minimum absolute atomic E-state index is 0.407. The Bertz CT molecular complexity index is 532. The molecule has 1 aliphatic rings. The van der Waals surface area contributed by atoms with Crippen LogP contribution >= 0.6 is 0 Å². The summed E-state index contributed by atoms with van der Waals surface area (Å²) in [4.78, 5) is 2.45. The maximum atomic E-state index is 5.90. The molecule has 1 aliphatic heterocycles. The number of nitrogens with two attached hydrogens (primary N) is 1. The molecule has 0 radical (unpaired) electrons. The van der Waals surface area contributed by atoms with Crippen molar-refractivity contribution in [3.05, 3.63) is 47.2 Å². The number of aromatic amines is 1. The third-order valence-electron chi connectivity index (χ3n) is 3.68. The van der Waals surface area contributed by atoms with Gasteiger partial charge in [0.1, 0.15) is 5.82 Å². The molecule has 4 nitrogen and oxygen atoms in total. The predicted molar refractivity (Wildman–Crippen MR) is 71.7 cm³/mol. The number of aromatic nitrogens is 2. The molecule has 0 spiro atoms. The number of anilines is 1. The zero-order chi connectivity index (χ0) is 12.5. The SMILES string of the molecule is CCC1c2[nH]nc(N)c2CN1Cc1ccccc1. The Labute approximate surface area is 107 Å². The fourth-order valence-corrected chi connectivity index (χ4v) is 2.78. The highest BCUT2D eigenvalue weighted by molar-refractivity contribution is 5.45. The second-order valence-electron chi connectivity index (χ2n) is 4.82. The summed E-state index contributed by atoms with van der Waals surface area (Å²) in [6.45, 7) is 4.06. The van der Waals surface area contributed by atoms with Crippen LogP contribution in [0.2, 0.25) is 0 Å². The Morgan fingerprint density at radius 2 is 2.17 bits per heavy atom. The number of H-pyrrole nitrogens is 1. The van der Waals surface area contributed by atoms with E-state index in [0.29, 0.717) is 11.9 Å². The standard InChI is InChI=1S/C14H18N4/c1-2-12-13-11(14(15)17-16-13)9-18(12)8-10-6-4-3-5-7-10/h3-7,12H,2,8-9H2,1H3,(H3,15,16,17). The monoisotopic (exact) mass is 242 g/mol. The Balaban J connectivity index is 1.83. The zero-order valence-electron chi connectivity index (χ0n) is 10.6. The zero-order valence-corrected chi connectivity index (χ0v) is 10.6. The van der Waals surface area contributed by atoms with Crippen molar-refractivity contribution in [1.29, 1.82) is 0 Å². The topological polar surface area (TPSA) is 57.9 Å². The van der Waals surface area contributed by atoms with E-state index in [0.717, 1.165) is 19.5 Å². The number of nitrogens with one attached hydrogen (secondary N) is 1. The summed E-state index contributed by atoms with van der Waals surface area (Å²) in [7, 11) is 0. The molecule has 0 bridgehead atoms. The van der Waals surface area contributed by atoms with Gasteiger partial charge in [0.25, 0.3) is 0 Å². The van der Waals surface area contributed by atoms with Crippen LogP contribution in [0.15, 0.2) is 30.3 Å². The first-order valence-electron chi connectivity index (χ1n) is 6.40. The van der Waals surface area contributed by atoms with Crippen molar-refractivity contribution in [2.45, 2.75) is 32.5 Å². The van der Waals surface area contributed by atoms with Crippen LogP contribution < -0.4 is 5.73 Å². The van der Waals surface area contributed by atoms with Gasteiger partial charge in [0.05, 0.1) is 11.7 Å². The van der Waals surface area contributed by atoms with Gasteiger partial charge in [-0.25, -0.2) is 0 Å². The number of hydrogen-bond acceptors (Lipinski definition) is 3. The Hall–Kier alpha value is -1.81. The molecule has 0 aliphatic carbocycles. The van der Waals surface area contributed by atoms with Crippen LogP contribution in [0.4, 0.5) is 5.82 Å². The smallest absolute Gasteiger partial charge is 0.150 e. The molecule has 2 aromatic rings. The first-order chi connectivity index (χ1) is 8.79. The minimum Gasteiger partial charge on any atom is -0.382 e. The third-order valence-corrected chi connectivity index (χ3v) is 3.68. The second-order valence-corrected chi connectivity index (χ2v) is 4.82. The van der Waals surface area contributed by atoms with E-state index in [2.05, 4.69) is 52.4 Å². The molecule has 3 N–H and O–H groups in total. The highest BCUT2D eigenvalue weighted by Crippen LogP contribution is 2.37. The molecule has 1 aromatic carbocycles. The van der Waals surface area contributed by atoms with Gasteiger partial charge in [-0.3, -0.25) is 10.00 Å². The van der Waals surface area contributed by atoms with Gasteiger partial charge in [0, 0.05) is 18.7 Å². The fourth-order valence-electron chi connectivity index (χ4n) is 2.78. The van der Waals surface area contributed by atoms with Crippen molar-refractivity contribution in [3.63, 3.8) is 0 Å². The van der Waals surface area contributed by atoms with Gasteiger partial charge in [-0.1, -0.05) is 37.3 Å². The number of hydrogen-bond donors (Lipinski definition) is 2. The van der Waals surface area contributed by atoms with Crippen molar-refractivity contribution in [1.82, 2.24) is 15.1 Å². The lowest BCUT2D eigenvalue weighted by Gasteiger charge is -2.23. The minimum atomic E-state index is 0.407. The average molecular weight is 242 g/mol. The number of rotatable bonds is 3. The largest absolute Gasteiger partial charge is 0.382 e. The van der Waals surface area contributed by atoms with Crippen molar-refractivity contribution in [2.75, 3.05) is 5.73 Å². The van der Waals surface area contributed by atoms with Crippen molar-refractivity contribution >= 4 is 5.82 Å². The normalized spacial score (nSPS) is 19.1. The lowest BCUT2D eigenvalue weighted by molar-refractivity contribution is 0.197. The molecule has 4 heteroatoms. The summed E-state index contributed by atoms with van der Waals surface area (Å²) in [6, 6.07) is 11.0. The molecule has 1 unspecified atom stereocenters. The molecule has 0 fully saturated rings. The third kappa shape index (κ3) is 1.78. The quantitative estimate of drug-likeness (QED) is 0.869. The fraction of sp³-hybridized carbons (Fsp3) is 0.357. The molecule has 1 aromatic heterocycles. The number of benzene rings is 1. The predicted octanol–water partition coefficient (Wildman–Crippen LogP) is 2.46. The summed E-state index contributed by atoms with van der Waals surface area (Å²) in [5.74, 6) is 0.652. The number of nitrogens with zero attached hydrogens (tertiary/aromatic N) is 2. The molecule has 2 heterocycles. The first kappa shape index (κ1) is 11.3. The number of nitrogen functional groups attached to an aromatic ring is 1. The van der Waals surface area contributed by atoms with Gasteiger partial charge in [-0.2, -0.15) is 5.10 Å². The molecule has 18 heavy (non-hydrogen) atoms. The van der Waals surface area contributed by atoms with E-state index in [1.165, 1.54) is 16.8 Å². The Morgan fingerprint density at radius 3 is 2.89 bits per heavy atom. The lowest BCUT2D eigenvalue weighted by Crippen LogP contribution is -2.22. The highest BCUT2D eigenvalue weighted by atomic mass is 15.3. The van der Waals surface area contributed by atoms with E-state index in [9.17, 15) is 0 Å². The van der Waals surface area contributed by atoms with Crippen LogP contribution in [0.25, 0.3) is 0 Å². The maximum absolute atomic E-state index is 5.90. The van der Waals surface area contributed by atoms with E-state index in [1.54, 1.807) is 0 Å². The molecular weight excluding hydrogens is 224 g/mol. The maximum Gasteiger partial charge on any atom is 0.150 e. The van der Waals surface area contributed by atoms with Gasteiger partial charge in [0.2, 0.25) is 0 Å². The summed E-state index contributed by atoms with van der Waals surface area (Å²) in [5, 5.41) is 7.19. The van der Waals surface area contributed by atoms with E-state index in [1.807, 2.05) is 0 Å². The molecule has 1 atom stereocenters. The Kier molecular flexibility index (Phi) is 2.80. The van der Waals surface area contributed by atoms with Gasteiger partial charge in [0.15, 0.2) is 0 Å². The van der Waals surface area contributed by atoms with Crippen LogP contribution in [-0.4, -0.2) is 15.1 Å². The Morgan fingerprint density at radius 1 is 1.39 bits per heavy atom. The molecule has 0 saturated carbocycles. The molecule has 0 amide bonds. The van der Waals surface area contributed by atoms with Crippen LogP contribution in [0, 0.1) is 0 Å². The van der Waals surface area contributed by atoms with Crippen molar-refractivity contribution in [3.8, 4) is 0 Å². The highest BCUT2D eigenvalue weighted by Gasteiger charge is 2.32. The lowest BCUT2D eigenvalue weighted by atomic mass is 10.1. The van der Waals surface area contributed by atoms with Gasteiger partial charge < -0.3 is 5.73 Å². The second kappa shape index (κ2) is 4.46. The van der Waals surface area contributed by atoms with E-state index >= 15 is 0 Å². The van der Waals surface area contributed by atoms with E-state index < -0.39 is 0 Å². The molecule has 3 rings (SSSR count). The van der Waals surface area contributed by atoms with E-state index in [4.69, 9.17) is 5.73 Å². The molecule has 94 valence electrons. The summed E-state index contributed by atoms with van der Waals surface area (Å²) in [6.07, 6.45) is 1.07. The van der Waals surface area contributed by atoms with Crippen LogP contribution in [-0.2, 0) is 13.1 Å². The summed E-state index contributed by atoms with van der Waals surface area (Å²) in [5.41, 5.74) is 9.61. The molecule has 0 saturated heterocycles. The average Bonchev–Trinajstić information content (AvgIpc) is 2.91. The van der Waals surface area contributed by atoms with Crippen LogP contribution in [0.5, 0.6) is 0 Å². The van der Waals surface area contributed by atoms with Gasteiger partial charge in [-0.05, 0) is 12.0 Å².